The van der Waals surface area contributed by atoms with Gasteiger partial charge in [0.25, 0.3) is 0 Å². The lowest BCUT2D eigenvalue weighted by atomic mass is 10.3. The Morgan fingerprint density at radius 2 is 2.12 bits per heavy atom. The molecule has 1 saturated heterocycles. The Balaban J connectivity index is 1.92. The van der Waals surface area contributed by atoms with E-state index in [9.17, 15) is 8.60 Å². The number of rotatable bonds is 3. The number of hydrogen-bond donors (Lipinski definition) is 1. The van der Waals surface area contributed by atoms with Crippen molar-refractivity contribution in [2.24, 2.45) is 0 Å². The molecule has 6 heteroatoms. The van der Waals surface area contributed by atoms with Crippen LogP contribution >= 0.6 is 0 Å². The second-order valence-corrected chi connectivity index (χ2v) is 4.58. The van der Waals surface area contributed by atoms with Crippen molar-refractivity contribution in [2.45, 2.75) is 12.5 Å². The van der Waals surface area contributed by atoms with Gasteiger partial charge >= 0.3 is 0 Å². The van der Waals surface area contributed by atoms with Crippen LogP contribution in [0.1, 0.15) is 6.42 Å². The molecule has 88 valence electrons. The van der Waals surface area contributed by atoms with Crippen molar-refractivity contribution in [1.29, 1.82) is 0 Å². The molecule has 1 aliphatic heterocycles. The zero-order valence-electron chi connectivity index (χ0n) is 8.51. The van der Waals surface area contributed by atoms with Gasteiger partial charge in [-0.3, -0.25) is 4.55 Å². The molecule has 1 aliphatic rings. The summed E-state index contributed by atoms with van der Waals surface area (Å²) in [5.41, 5.74) is 0. The molecule has 1 N–H and O–H groups in total. The highest BCUT2D eigenvalue weighted by atomic mass is 32.2. The van der Waals surface area contributed by atoms with Crippen molar-refractivity contribution in [2.75, 3.05) is 13.1 Å². The molecule has 0 bridgehead atoms. The number of halogens is 1. The first-order chi connectivity index (χ1) is 7.65. The predicted molar refractivity (Wildman–Crippen MR) is 57.8 cm³/mol. The molecule has 4 nitrogen and oxygen atoms in total. The number of benzene rings is 1. The normalized spacial score (nSPS) is 23.2. The van der Waals surface area contributed by atoms with E-state index in [1.165, 1.54) is 16.4 Å². The molecule has 1 heterocycles. The van der Waals surface area contributed by atoms with E-state index >= 15 is 0 Å². The molecule has 0 aliphatic carbocycles. The lowest BCUT2D eigenvalue weighted by Gasteiger charge is -2.13. The van der Waals surface area contributed by atoms with Crippen molar-refractivity contribution in [1.82, 2.24) is 4.31 Å². The zero-order chi connectivity index (χ0) is 11.5. The first-order valence-corrected chi connectivity index (χ1v) is 5.99. The summed E-state index contributed by atoms with van der Waals surface area (Å²) in [4.78, 5) is 0. The van der Waals surface area contributed by atoms with Gasteiger partial charge in [-0.2, -0.15) is 4.31 Å². The lowest BCUT2D eigenvalue weighted by Crippen LogP contribution is -2.26. The summed E-state index contributed by atoms with van der Waals surface area (Å²) in [7, 11) is 0. The molecular weight excluding hydrogens is 233 g/mol. The Kier molecular flexibility index (Phi) is 3.52. The van der Waals surface area contributed by atoms with Crippen molar-refractivity contribution in [3.05, 3.63) is 30.1 Å². The average molecular weight is 245 g/mol. The van der Waals surface area contributed by atoms with Crippen molar-refractivity contribution < 1.29 is 17.9 Å². The van der Waals surface area contributed by atoms with E-state index in [0.29, 0.717) is 25.3 Å². The molecule has 0 aromatic heterocycles. The second kappa shape index (κ2) is 4.90. The molecule has 1 aromatic rings. The SMILES string of the molecule is O=S(O)N1CCC(Oc2ccc(F)cc2)C1. The van der Waals surface area contributed by atoms with Gasteiger partial charge in [0, 0.05) is 6.54 Å². The van der Waals surface area contributed by atoms with Crippen LogP contribution in [0.25, 0.3) is 0 Å². The van der Waals surface area contributed by atoms with Crippen LogP contribution in [0.15, 0.2) is 24.3 Å². The van der Waals surface area contributed by atoms with E-state index in [2.05, 4.69) is 0 Å². The summed E-state index contributed by atoms with van der Waals surface area (Å²) in [5.74, 6) is 0.272. The third-order valence-corrected chi connectivity index (χ3v) is 3.22. The average Bonchev–Trinajstić information content (AvgIpc) is 2.70. The number of ether oxygens (including phenoxy) is 1. The largest absolute Gasteiger partial charge is 0.489 e. The lowest BCUT2D eigenvalue weighted by molar-refractivity contribution is 0.215. The Morgan fingerprint density at radius 3 is 2.69 bits per heavy atom. The van der Waals surface area contributed by atoms with Gasteiger partial charge in [0.15, 0.2) is 0 Å². The fraction of sp³-hybridized carbons (Fsp3) is 0.400. The van der Waals surface area contributed by atoms with Crippen LogP contribution in [0.5, 0.6) is 5.75 Å². The van der Waals surface area contributed by atoms with Gasteiger partial charge in [0.1, 0.15) is 17.7 Å². The topological polar surface area (TPSA) is 49.8 Å². The molecule has 16 heavy (non-hydrogen) atoms. The van der Waals surface area contributed by atoms with Gasteiger partial charge in [-0.15, -0.1) is 0 Å². The predicted octanol–water partition coefficient (Wildman–Crippen LogP) is 1.42. The van der Waals surface area contributed by atoms with Crippen LogP contribution in [0.2, 0.25) is 0 Å². The highest BCUT2D eigenvalue weighted by Gasteiger charge is 2.27. The Labute approximate surface area is 95.4 Å². The molecule has 2 atom stereocenters. The molecule has 0 spiro atoms. The van der Waals surface area contributed by atoms with Gasteiger partial charge in [-0.25, -0.2) is 8.60 Å². The quantitative estimate of drug-likeness (QED) is 0.819. The molecule has 2 rings (SSSR count). The van der Waals surface area contributed by atoms with Crippen LogP contribution < -0.4 is 4.74 Å². The minimum atomic E-state index is -1.93. The third-order valence-electron chi connectivity index (χ3n) is 2.45. The third kappa shape index (κ3) is 2.78. The van der Waals surface area contributed by atoms with Crippen LogP contribution in [0, 0.1) is 5.82 Å². The fourth-order valence-corrected chi connectivity index (χ4v) is 2.20. The van der Waals surface area contributed by atoms with E-state index in [1.807, 2.05) is 0 Å². The fourth-order valence-electron chi connectivity index (χ4n) is 1.64. The van der Waals surface area contributed by atoms with E-state index in [4.69, 9.17) is 9.29 Å². The second-order valence-electron chi connectivity index (χ2n) is 3.60. The van der Waals surface area contributed by atoms with Gasteiger partial charge in [-0.1, -0.05) is 0 Å². The van der Waals surface area contributed by atoms with Gasteiger partial charge in [0.2, 0.25) is 11.3 Å². The number of hydrogen-bond acceptors (Lipinski definition) is 2. The molecule has 1 aromatic carbocycles. The first-order valence-electron chi connectivity index (χ1n) is 4.93. The summed E-state index contributed by atoms with van der Waals surface area (Å²) in [5, 5.41) is 0. The van der Waals surface area contributed by atoms with Crippen molar-refractivity contribution in [3.63, 3.8) is 0 Å². The summed E-state index contributed by atoms with van der Waals surface area (Å²) in [6.45, 7) is 0.954. The minimum absolute atomic E-state index is 0.110. The Hall–Kier alpha value is -0.980. The number of nitrogens with zero attached hydrogens (tertiary/aromatic N) is 1. The molecule has 2 unspecified atom stereocenters. The highest BCUT2D eigenvalue weighted by molar-refractivity contribution is 7.76. The van der Waals surface area contributed by atoms with E-state index < -0.39 is 11.3 Å². The molecule has 1 fully saturated rings. The maximum Gasteiger partial charge on any atom is 0.234 e. The first kappa shape index (κ1) is 11.5. The monoisotopic (exact) mass is 245 g/mol. The van der Waals surface area contributed by atoms with Gasteiger partial charge < -0.3 is 4.74 Å². The van der Waals surface area contributed by atoms with Crippen LogP contribution in [0.4, 0.5) is 4.39 Å². The van der Waals surface area contributed by atoms with E-state index in [1.54, 1.807) is 12.1 Å². The van der Waals surface area contributed by atoms with Gasteiger partial charge in [-0.05, 0) is 30.7 Å². The van der Waals surface area contributed by atoms with Crippen LogP contribution in [0.3, 0.4) is 0 Å². The highest BCUT2D eigenvalue weighted by Crippen LogP contribution is 2.19. The Morgan fingerprint density at radius 1 is 1.44 bits per heavy atom. The van der Waals surface area contributed by atoms with Crippen molar-refractivity contribution >= 4 is 11.3 Å². The smallest absolute Gasteiger partial charge is 0.234 e. The molecular formula is C10H12FNO3S. The standard InChI is InChI=1S/C10H12FNO3S/c11-8-1-3-9(4-2-8)15-10-5-6-12(7-10)16(13)14/h1-4,10H,5-7H2,(H,13,14). The molecule has 0 radical (unpaired) electrons. The summed E-state index contributed by atoms with van der Waals surface area (Å²) in [6.07, 6.45) is 0.588. The summed E-state index contributed by atoms with van der Waals surface area (Å²) >= 11 is -1.93. The maximum atomic E-state index is 12.6. The summed E-state index contributed by atoms with van der Waals surface area (Å²) < 4.78 is 39.3. The van der Waals surface area contributed by atoms with Gasteiger partial charge in [0.05, 0.1) is 6.54 Å². The maximum absolute atomic E-state index is 12.6. The van der Waals surface area contributed by atoms with Crippen LogP contribution in [-0.2, 0) is 11.3 Å². The van der Waals surface area contributed by atoms with Crippen molar-refractivity contribution in [3.8, 4) is 5.75 Å². The Bertz CT molecular complexity index is 384. The minimum Gasteiger partial charge on any atom is -0.489 e. The molecule has 0 amide bonds. The van der Waals surface area contributed by atoms with E-state index in [-0.39, 0.29) is 11.9 Å². The summed E-state index contributed by atoms with van der Waals surface area (Å²) in [6, 6.07) is 5.75. The van der Waals surface area contributed by atoms with Crippen LogP contribution in [-0.4, -0.2) is 32.3 Å². The zero-order valence-corrected chi connectivity index (χ0v) is 9.32. The molecule has 0 saturated carbocycles. The van der Waals surface area contributed by atoms with E-state index in [0.717, 1.165) is 0 Å².